The molecular weight excluding hydrogens is 328 g/mol. The first-order chi connectivity index (χ1) is 11.5. The predicted octanol–water partition coefficient (Wildman–Crippen LogP) is 2.46. The lowest BCUT2D eigenvalue weighted by Crippen LogP contribution is -2.30. The molecule has 1 aromatic heterocycles. The minimum atomic E-state index is -0.441. The lowest BCUT2D eigenvalue weighted by molar-refractivity contribution is -0.384. The van der Waals surface area contributed by atoms with Gasteiger partial charge < -0.3 is 9.88 Å². The molecule has 3 rings (SSSR count). The van der Waals surface area contributed by atoms with Gasteiger partial charge in [-0.1, -0.05) is 0 Å². The van der Waals surface area contributed by atoms with Crippen LogP contribution in [0.2, 0.25) is 0 Å². The number of carbonyl (C=O) groups is 1. The third-order valence-corrected chi connectivity index (χ3v) is 4.01. The Bertz CT molecular complexity index is 854. The average Bonchev–Trinajstić information content (AvgIpc) is 3.12. The topological polar surface area (TPSA) is 80.4 Å². The number of carbonyl (C=O) groups excluding carboxylic acids is 1. The summed E-state index contributed by atoms with van der Waals surface area (Å²) in [4.78, 5) is 24.1. The molecule has 0 atom stereocenters. The predicted molar refractivity (Wildman–Crippen MR) is 93.5 cm³/mol. The molecule has 1 amide bonds. The van der Waals surface area contributed by atoms with E-state index < -0.39 is 4.92 Å². The maximum atomic E-state index is 12.3. The SMILES string of the molecule is CCN1C(=O)/C(=C\c2cccn2-c2ccc([N+](=O)[O-])cc2)NC1=S. The summed E-state index contributed by atoms with van der Waals surface area (Å²) in [6.45, 7) is 2.36. The molecule has 0 unspecified atom stereocenters. The lowest BCUT2D eigenvalue weighted by Gasteiger charge is -2.09. The minimum absolute atomic E-state index is 0.0300. The fourth-order valence-corrected chi connectivity index (χ4v) is 2.81. The summed E-state index contributed by atoms with van der Waals surface area (Å²) in [5, 5.41) is 14.1. The Labute approximate surface area is 143 Å². The summed E-state index contributed by atoms with van der Waals surface area (Å²) >= 11 is 5.14. The smallest absolute Gasteiger partial charge is 0.276 e. The summed E-state index contributed by atoms with van der Waals surface area (Å²) in [6.07, 6.45) is 3.54. The van der Waals surface area contributed by atoms with Crippen LogP contribution in [-0.4, -0.2) is 32.0 Å². The normalized spacial score (nSPS) is 15.9. The van der Waals surface area contributed by atoms with Gasteiger partial charge in [-0.2, -0.15) is 0 Å². The molecule has 2 heterocycles. The summed E-state index contributed by atoms with van der Waals surface area (Å²) in [7, 11) is 0. The number of likely N-dealkylation sites (N-methyl/N-ethyl adjacent to an activating group) is 1. The van der Waals surface area contributed by atoms with Crippen molar-refractivity contribution in [2.24, 2.45) is 0 Å². The fourth-order valence-electron chi connectivity index (χ4n) is 2.49. The first-order valence-electron chi connectivity index (χ1n) is 7.28. The number of hydrogen-bond donors (Lipinski definition) is 1. The second-order valence-electron chi connectivity index (χ2n) is 5.11. The zero-order chi connectivity index (χ0) is 17.3. The number of rotatable bonds is 4. The van der Waals surface area contributed by atoms with Crippen molar-refractivity contribution in [1.82, 2.24) is 14.8 Å². The molecule has 1 aromatic carbocycles. The van der Waals surface area contributed by atoms with Crippen molar-refractivity contribution in [2.45, 2.75) is 6.92 Å². The Morgan fingerprint density at radius 2 is 2.00 bits per heavy atom. The number of amides is 1. The molecule has 0 saturated carbocycles. The van der Waals surface area contributed by atoms with Crippen LogP contribution in [0, 0.1) is 10.1 Å². The van der Waals surface area contributed by atoms with Crippen molar-refractivity contribution in [1.29, 1.82) is 0 Å². The van der Waals surface area contributed by atoms with Gasteiger partial charge in [0.15, 0.2) is 5.11 Å². The molecule has 0 radical (unpaired) electrons. The van der Waals surface area contributed by atoms with Crippen molar-refractivity contribution >= 4 is 35.0 Å². The highest BCUT2D eigenvalue weighted by Crippen LogP contribution is 2.20. The zero-order valence-electron chi connectivity index (χ0n) is 12.8. The Kier molecular flexibility index (Phi) is 4.13. The standard InChI is InChI=1S/C16H14N4O3S/c1-2-18-15(21)14(17-16(18)24)10-13-4-3-9-19(13)11-5-7-12(8-6-11)20(22)23/h3-10H,2H2,1H3,(H,17,24)/b14-10+. The summed E-state index contributed by atoms with van der Waals surface area (Å²) in [5.41, 5.74) is 1.96. The maximum Gasteiger partial charge on any atom is 0.276 e. The van der Waals surface area contributed by atoms with Crippen molar-refractivity contribution in [3.63, 3.8) is 0 Å². The summed E-state index contributed by atoms with van der Waals surface area (Å²) < 4.78 is 1.84. The van der Waals surface area contributed by atoms with E-state index in [1.54, 1.807) is 18.2 Å². The number of nitro groups is 1. The van der Waals surface area contributed by atoms with Crippen molar-refractivity contribution in [3.05, 3.63) is 64.1 Å². The molecule has 2 aromatic rings. The van der Waals surface area contributed by atoms with Crippen LogP contribution in [0.15, 0.2) is 48.3 Å². The van der Waals surface area contributed by atoms with Crippen LogP contribution in [0.25, 0.3) is 11.8 Å². The third kappa shape index (κ3) is 2.79. The number of nitrogens with one attached hydrogen (secondary N) is 1. The molecule has 1 fully saturated rings. The van der Waals surface area contributed by atoms with E-state index in [2.05, 4.69) is 5.32 Å². The number of benzene rings is 1. The van der Waals surface area contributed by atoms with Gasteiger partial charge in [0, 0.05) is 36.3 Å². The van der Waals surface area contributed by atoms with Crippen LogP contribution in [0.3, 0.4) is 0 Å². The van der Waals surface area contributed by atoms with Crippen molar-refractivity contribution in [3.8, 4) is 5.69 Å². The second-order valence-corrected chi connectivity index (χ2v) is 5.50. The third-order valence-electron chi connectivity index (χ3n) is 3.69. The lowest BCUT2D eigenvalue weighted by atomic mass is 10.2. The second kappa shape index (κ2) is 6.25. The molecule has 0 bridgehead atoms. The molecule has 1 aliphatic heterocycles. The van der Waals surface area contributed by atoms with E-state index in [9.17, 15) is 14.9 Å². The first kappa shape index (κ1) is 15.9. The van der Waals surface area contributed by atoms with Crippen LogP contribution >= 0.6 is 12.2 Å². The van der Waals surface area contributed by atoms with Crippen molar-refractivity contribution < 1.29 is 9.72 Å². The van der Waals surface area contributed by atoms with Gasteiger partial charge in [0.1, 0.15) is 5.70 Å². The van der Waals surface area contributed by atoms with Gasteiger partial charge in [0.25, 0.3) is 11.6 Å². The fraction of sp³-hybridized carbons (Fsp3) is 0.125. The Balaban J connectivity index is 1.94. The van der Waals surface area contributed by atoms with Gasteiger partial charge in [-0.15, -0.1) is 0 Å². The van der Waals surface area contributed by atoms with E-state index in [1.165, 1.54) is 17.0 Å². The number of hydrogen-bond acceptors (Lipinski definition) is 4. The van der Waals surface area contributed by atoms with Gasteiger partial charge in [-0.3, -0.25) is 19.8 Å². The zero-order valence-corrected chi connectivity index (χ0v) is 13.6. The number of non-ortho nitro benzene ring substituents is 1. The highest BCUT2D eigenvalue weighted by Gasteiger charge is 2.29. The molecule has 1 saturated heterocycles. The quantitative estimate of drug-likeness (QED) is 0.400. The highest BCUT2D eigenvalue weighted by atomic mass is 32.1. The van der Waals surface area contributed by atoms with Crippen LogP contribution in [0.4, 0.5) is 5.69 Å². The molecular formula is C16H14N4O3S. The largest absolute Gasteiger partial charge is 0.328 e. The van der Waals surface area contributed by atoms with Crippen LogP contribution < -0.4 is 5.32 Å². The molecule has 0 aliphatic carbocycles. The Morgan fingerprint density at radius 3 is 2.58 bits per heavy atom. The van der Waals surface area contributed by atoms with Gasteiger partial charge in [-0.25, -0.2) is 0 Å². The molecule has 1 aliphatic rings. The summed E-state index contributed by atoms with van der Waals surface area (Å²) in [5.74, 6) is -0.168. The number of thiocarbonyl (C=S) groups is 1. The molecule has 1 N–H and O–H groups in total. The van der Waals surface area contributed by atoms with Crippen LogP contribution in [-0.2, 0) is 4.79 Å². The van der Waals surface area contributed by atoms with Crippen LogP contribution in [0.1, 0.15) is 12.6 Å². The van der Waals surface area contributed by atoms with E-state index in [0.29, 0.717) is 17.4 Å². The van der Waals surface area contributed by atoms with Gasteiger partial charge >= 0.3 is 0 Å². The van der Waals surface area contributed by atoms with Gasteiger partial charge in [0.05, 0.1) is 4.92 Å². The molecule has 0 spiro atoms. The summed E-state index contributed by atoms with van der Waals surface area (Å²) in [6, 6.07) is 9.89. The van der Waals surface area contributed by atoms with E-state index >= 15 is 0 Å². The van der Waals surface area contributed by atoms with Gasteiger partial charge in [-0.05, 0) is 49.5 Å². The van der Waals surface area contributed by atoms with E-state index in [0.717, 1.165) is 11.4 Å². The molecule has 24 heavy (non-hydrogen) atoms. The first-order valence-corrected chi connectivity index (χ1v) is 7.69. The molecule has 122 valence electrons. The van der Waals surface area contributed by atoms with Crippen LogP contribution in [0.5, 0.6) is 0 Å². The highest BCUT2D eigenvalue weighted by molar-refractivity contribution is 7.80. The number of nitrogens with zero attached hydrogens (tertiary/aromatic N) is 3. The molecule has 8 heteroatoms. The van der Waals surface area contributed by atoms with E-state index in [1.807, 2.05) is 29.8 Å². The Morgan fingerprint density at radius 1 is 1.29 bits per heavy atom. The van der Waals surface area contributed by atoms with E-state index in [4.69, 9.17) is 12.2 Å². The number of nitro benzene ring substituents is 1. The average molecular weight is 342 g/mol. The maximum absolute atomic E-state index is 12.3. The molecule has 7 nitrogen and oxygen atoms in total. The van der Waals surface area contributed by atoms with Crippen molar-refractivity contribution in [2.75, 3.05) is 6.54 Å². The monoisotopic (exact) mass is 342 g/mol. The number of aromatic nitrogens is 1. The Hall–Kier alpha value is -3.00. The van der Waals surface area contributed by atoms with E-state index in [-0.39, 0.29) is 11.6 Å². The minimum Gasteiger partial charge on any atom is -0.328 e. The van der Waals surface area contributed by atoms with Gasteiger partial charge in [0.2, 0.25) is 0 Å².